The third kappa shape index (κ3) is 7.21. The van der Waals surface area contributed by atoms with Crippen molar-refractivity contribution in [1.29, 1.82) is 0 Å². The van der Waals surface area contributed by atoms with Gasteiger partial charge in [0.25, 0.3) is 0 Å². The second-order valence-electron chi connectivity index (χ2n) is 6.91. The van der Waals surface area contributed by atoms with Gasteiger partial charge in [-0.15, -0.1) is 0 Å². The van der Waals surface area contributed by atoms with Gasteiger partial charge in [-0.1, -0.05) is 19.9 Å². The number of halogens is 3. The van der Waals surface area contributed by atoms with Crippen LogP contribution in [0.4, 0.5) is 23.7 Å². The predicted molar refractivity (Wildman–Crippen MR) is 85.8 cm³/mol. The van der Waals surface area contributed by atoms with Crippen molar-refractivity contribution in [3.63, 3.8) is 0 Å². The van der Waals surface area contributed by atoms with Crippen molar-refractivity contribution in [3.05, 3.63) is 29.3 Å². The molecule has 1 aromatic carbocycles. The third-order valence-electron chi connectivity index (χ3n) is 2.74. The van der Waals surface area contributed by atoms with Crippen molar-refractivity contribution >= 4 is 11.8 Å². The number of benzene rings is 1. The fraction of sp³-hybridized carbons (Fsp3) is 0.588. The first kappa shape index (κ1) is 20.3. The molecule has 24 heavy (non-hydrogen) atoms. The zero-order chi connectivity index (χ0) is 18.5. The first-order valence-corrected chi connectivity index (χ1v) is 7.66. The van der Waals surface area contributed by atoms with Crippen LogP contribution in [-0.4, -0.2) is 18.3 Å². The third-order valence-corrected chi connectivity index (χ3v) is 2.74. The van der Waals surface area contributed by atoms with E-state index in [4.69, 9.17) is 9.47 Å². The second kappa shape index (κ2) is 7.88. The topological polar surface area (TPSA) is 47.6 Å². The minimum Gasteiger partial charge on any atom is -0.444 e. The fourth-order valence-corrected chi connectivity index (χ4v) is 1.86. The lowest BCUT2D eigenvalue weighted by molar-refractivity contribution is -0.136. The maximum atomic E-state index is 13.1. The first-order valence-electron chi connectivity index (χ1n) is 7.66. The lowest BCUT2D eigenvalue weighted by Crippen LogP contribution is -2.28. The summed E-state index contributed by atoms with van der Waals surface area (Å²) in [5, 5.41) is 2.18. The Morgan fingerprint density at radius 3 is 2.33 bits per heavy atom. The highest BCUT2D eigenvalue weighted by atomic mass is 19.4. The van der Waals surface area contributed by atoms with Crippen LogP contribution in [0, 0.1) is 5.92 Å². The van der Waals surface area contributed by atoms with Crippen LogP contribution in [0.5, 0.6) is 0 Å². The van der Waals surface area contributed by atoms with Gasteiger partial charge < -0.3 is 9.47 Å². The lowest BCUT2D eigenvalue weighted by Gasteiger charge is -2.21. The number of ether oxygens (including phenoxy) is 2. The van der Waals surface area contributed by atoms with Crippen molar-refractivity contribution in [3.8, 4) is 0 Å². The first-order chi connectivity index (χ1) is 10.9. The SMILES string of the molecule is CC(C)COCc1ccc(C(F)(F)F)c(NC(=O)OC(C)(C)C)c1. The Bertz CT molecular complexity index is 563. The standard InChI is InChI=1S/C17H24F3NO3/c1-11(2)9-23-10-12-6-7-13(17(18,19)20)14(8-12)21-15(22)24-16(3,4)5/h6-8,11H,9-10H2,1-5H3,(H,21,22). The Labute approximate surface area is 140 Å². The van der Waals surface area contributed by atoms with Gasteiger partial charge >= 0.3 is 12.3 Å². The van der Waals surface area contributed by atoms with Gasteiger partial charge in [-0.05, 0) is 44.4 Å². The number of hydrogen-bond donors (Lipinski definition) is 1. The van der Waals surface area contributed by atoms with Crippen molar-refractivity contribution < 1.29 is 27.4 Å². The molecule has 1 N–H and O–H groups in total. The van der Waals surface area contributed by atoms with Gasteiger partial charge in [-0.3, -0.25) is 5.32 Å². The average Bonchev–Trinajstić information content (AvgIpc) is 2.34. The molecule has 0 unspecified atom stereocenters. The van der Waals surface area contributed by atoms with Crippen molar-refractivity contribution in [2.24, 2.45) is 5.92 Å². The van der Waals surface area contributed by atoms with E-state index >= 15 is 0 Å². The van der Waals surface area contributed by atoms with Crippen LogP contribution in [0.1, 0.15) is 45.7 Å². The van der Waals surface area contributed by atoms with Gasteiger partial charge in [-0.2, -0.15) is 13.2 Å². The molecule has 0 spiro atoms. The summed E-state index contributed by atoms with van der Waals surface area (Å²) in [6, 6.07) is 3.53. The summed E-state index contributed by atoms with van der Waals surface area (Å²) >= 11 is 0. The highest BCUT2D eigenvalue weighted by molar-refractivity contribution is 5.86. The van der Waals surface area contributed by atoms with Gasteiger partial charge in [-0.25, -0.2) is 4.79 Å². The van der Waals surface area contributed by atoms with E-state index in [9.17, 15) is 18.0 Å². The van der Waals surface area contributed by atoms with E-state index in [-0.39, 0.29) is 12.3 Å². The normalized spacial score (nSPS) is 12.4. The number of rotatable bonds is 5. The van der Waals surface area contributed by atoms with Gasteiger partial charge in [0.05, 0.1) is 17.9 Å². The second-order valence-corrected chi connectivity index (χ2v) is 6.91. The number of anilines is 1. The Balaban J connectivity index is 2.97. The Morgan fingerprint density at radius 1 is 1.21 bits per heavy atom. The van der Waals surface area contributed by atoms with E-state index in [0.29, 0.717) is 18.1 Å². The summed E-state index contributed by atoms with van der Waals surface area (Å²) in [4.78, 5) is 11.8. The molecule has 0 aliphatic carbocycles. The maximum Gasteiger partial charge on any atom is 0.418 e. The molecular formula is C17H24F3NO3. The minimum absolute atomic E-state index is 0.166. The van der Waals surface area contributed by atoms with Crippen LogP contribution < -0.4 is 5.32 Å². The van der Waals surface area contributed by atoms with Crippen LogP contribution in [0.3, 0.4) is 0 Å². The largest absolute Gasteiger partial charge is 0.444 e. The molecule has 1 rings (SSSR count). The molecule has 0 fully saturated rings. The molecular weight excluding hydrogens is 323 g/mol. The summed E-state index contributed by atoms with van der Waals surface area (Å²) in [5.41, 5.74) is -1.54. The Morgan fingerprint density at radius 2 is 1.83 bits per heavy atom. The summed E-state index contributed by atoms with van der Waals surface area (Å²) in [6.45, 7) is 9.51. The highest BCUT2D eigenvalue weighted by Crippen LogP contribution is 2.35. The van der Waals surface area contributed by atoms with E-state index < -0.39 is 23.4 Å². The van der Waals surface area contributed by atoms with Gasteiger partial charge in [0.15, 0.2) is 0 Å². The number of alkyl halides is 3. The molecule has 0 aliphatic heterocycles. The van der Waals surface area contributed by atoms with Gasteiger partial charge in [0, 0.05) is 6.61 Å². The Hall–Kier alpha value is -1.76. The van der Waals surface area contributed by atoms with Crippen LogP contribution in [0.15, 0.2) is 18.2 Å². The van der Waals surface area contributed by atoms with Crippen molar-refractivity contribution in [1.82, 2.24) is 0 Å². The van der Waals surface area contributed by atoms with E-state index in [1.54, 1.807) is 20.8 Å². The van der Waals surface area contributed by atoms with E-state index in [1.165, 1.54) is 12.1 Å². The summed E-state index contributed by atoms with van der Waals surface area (Å²) in [6.07, 6.45) is -5.52. The van der Waals surface area contributed by atoms with Crippen molar-refractivity contribution in [2.75, 3.05) is 11.9 Å². The number of nitrogens with one attached hydrogen (secondary N) is 1. The average molecular weight is 347 g/mol. The van der Waals surface area contributed by atoms with E-state index in [2.05, 4.69) is 5.32 Å². The minimum atomic E-state index is -4.58. The molecule has 0 saturated carbocycles. The van der Waals surface area contributed by atoms with E-state index in [0.717, 1.165) is 6.07 Å². The number of carbonyl (C=O) groups is 1. The molecule has 136 valence electrons. The molecule has 7 heteroatoms. The van der Waals surface area contributed by atoms with E-state index in [1.807, 2.05) is 13.8 Å². The molecule has 0 aliphatic rings. The molecule has 0 atom stereocenters. The quantitative estimate of drug-likeness (QED) is 0.794. The summed E-state index contributed by atoms with van der Waals surface area (Å²) in [7, 11) is 0. The van der Waals surface area contributed by atoms with Crippen LogP contribution >= 0.6 is 0 Å². The predicted octanol–water partition coefficient (Wildman–Crippen LogP) is 5.23. The number of amides is 1. The molecule has 1 aromatic rings. The smallest absolute Gasteiger partial charge is 0.418 e. The molecule has 1 amide bonds. The zero-order valence-electron chi connectivity index (χ0n) is 14.6. The Kier molecular flexibility index (Phi) is 6.66. The number of carbonyl (C=O) groups excluding carboxylic acids is 1. The maximum absolute atomic E-state index is 13.1. The lowest BCUT2D eigenvalue weighted by atomic mass is 10.1. The molecule has 0 saturated heterocycles. The zero-order valence-corrected chi connectivity index (χ0v) is 14.6. The molecule has 0 heterocycles. The number of hydrogen-bond acceptors (Lipinski definition) is 3. The summed E-state index contributed by atoms with van der Waals surface area (Å²) < 4.78 is 49.7. The van der Waals surface area contributed by atoms with Gasteiger partial charge in [0.1, 0.15) is 5.60 Å². The molecule has 0 bridgehead atoms. The molecule has 0 aromatic heterocycles. The van der Waals surface area contributed by atoms with Crippen molar-refractivity contribution in [2.45, 2.75) is 53.0 Å². The molecule has 0 radical (unpaired) electrons. The van der Waals surface area contributed by atoms with Crippen LogP contribution in [0.25, 0.3) is 0 Å². The molecule has 4 nitrogen and oxygen atoms in total. The van der Waals surface area contributed by atoms with Crippen LogP contribution in [0.2, 0.25) is 0 Å². The van der Waals surface area contributed by atoms with Gasteiger partial charge in [0.2, 0.25) is 0 Å². The monoisotopic (exact) mass is 347 g/mol. The summed E-state index contributed by atoms with van der Waals surface area (Å²) in [5.74, 6) is 0.318. The van der Waals surface area contributed by atoms with Crippen LogP contribution in [-0.2, 0) is 22.3 Å². The highest BCUT2D eigenvalue weighted by Gasteiger charge is 2.34. The fourth-order valence-electron chi connectivity index (χ4n) is 1.86.